The molecule has 0 spiro atoms. The minimum Gasteiger partial charge on any atom is -0.368 e. The lowest BCUT2D eigenvalue weighted by atomic mass is 9.95. The van der Waals surface area contributed by atoms with Gasteiger partial charge in [0.25, 0.3) is 5.91 Å². The SMILES string of the molecule is O=C(Nc1ccc(F)c(F)c1F)C1CCN(C(=O)C2CCCO2)CC1. The Morgan fingerprint density at radius 1 is 1.08 bits per heavy atom. The fraction of sp³-hybridized carbons (Fsp3) is 0.529. The number of hydrogen-bond donors (Lipinski definition) is 1. The van der Waals surface area contributed by atoms with Gasteiger partial charge in [-0.05, 0) is 37.8 Å². The van der Waals surface area contributed by atoms with E-state index in [2.05, 4.69) is 5.32 Å². The van der Waals surface area contributed by atoms with E-state index in [1.54, 1.807) is 4.90 Å². The van der Waals surface area contributed by atoms with Gasteiger partial charge >= 0.3 is 0 Å². The van der Waals surface area contributed by atoms with Crippen molar-refractivity contribution in [1.29, 1.82) is 0 Å². The number of nitrogens with zero attached hydrogens (tertiary/aromatic N) is 1. The van der Waals surface area contributed by atoms with Crippen LogP contribution in [-0.2, 0) is 14.3 Å². The number of rotatable bonds is 3. The van der Waals surface area contributed by atoms with Gasteiger partial charge in [0, 0.05) is 25.6 Å². The van der Waals surface area contributed by atoms with Gasteiger partial charge < -0.3 is 15.0 Å². The van der Waals surface area contributed by atoms with Crippen LogP contribution in [0.25, 0.3) is 0 Å². The van der Waals surface area contributed by atoms with Crippen LogP contribution in [0, 0.1) is 23.4 Å². The highest BCUT2D eigenvalue weighted by atomic mass is 19.2. The Bertz CT molecular complexity index is 669. The number of piperidine rings is 1. The highest BCUT2D eigenvalue weighted by molar-refractivity contribution is 5.93. The molecule has 8 heteroatoms. The van der Waals surface area contributed by atoms with Crippen LogP contribution in [0.1, 0.15) is 25.7 Å². The maximum Gasteiger partial charge on any atom is 0.251 e. The topological polar surface area (TPSA) is 58.6 Å². The van der Waals surface area contributed by atoms with Crippen molar-refractivity contribution >= 4 is 17.5 Å². The summed E-state index contributed by atoms with van der Waals surface area (Å²) in [5, 5.41) is 2.30. The van der Waals surface area contributed by atoms with E-state index in [1.807, 2.05) is 0 Å². The first kappa shape index (κ1) is 17.7. The molecule has 3 rings (SSSR count). The second kappa shape index (κ2) is 7.43. The Morgan fingerprint density at radius 2 is 1.80 bits per heavy atom. The predicted molar refractivity (Wildman–Crippen MR) is 83.2 cm³/mol. The largest absolute Gasteiger partial charge is 0.368 e. The third-order valence-electron chi connectivity index (χ3n) is 4.68. The lowest BCUT2D eigenvalue weighted by Crippen LogP contribution is -2.45. The van der Waals surface area contributed by atoms with Crippen molar-refractivity contribution in [3.8, 4) is 0 Å². The number of anilines is 1. The zero-order chi connectivity index (χ0) is 18.0. The van der Waals surface area contributed by atoms with Crippen LogP contribution in [0.15, 0.2) is 12.1 Å². The number of carbonyl (C=O) groups is 2. The number of hydrogen-bond acceptors (Lipinski definition) is 3. The number of nitrogens with one attached hydrogen (secondary N) is 1. The molecule has 1 aromatic rings. The Balaban J connectivity index is 1.55. The molecule has 0 bridgehead atoms. The summed E-state index contributed by atoms with van der Waals surface area (Å²) in [5.74, 6) is -5.27. The van der Waals surface area contributed by atoms with Gasteiger partial charge in [-0.2, -0.15) is 0 Å². The molecule has 2 fully saturated rings. The van der Waals surface area contributed by atoms with Crippen LogP contribution in [0.4, 0.5) is 18.9 Å². The number of ether oxygens (including phenoxy) is 1. The first-order chi connectivity index (χ1) is 12.0. The molecule has 1 atom stereocenters. The molecule has 1 aromatic carbocycles. The average Bonchev–Trinajstić information content (AvgIpc) is 3.16. The summed E-state index contributed by atoms with van der Waals surface area (Å²) < 4.78 is 45.1. The molecule has 2 heterocycles. The molecule has 0 radical (unpaired) electrons. The average molecular weight is 356 g/mol. The smallest absolute Gasteiger partial charge is 0.251 e. The molecule has 1 unspecified atom stereocenters. The lowest BCUT2D eigenvalue weighted by molar-refractivity contribution is -0.143. The molecule has 136 valence electrons. The number of amides is 2. The van der Waals surface area contributed by atoms with Crippen LogP contribution in [-0.4, -0.2) is 42.5 Å². The Morgan fingerprint density at radius 3 is 2.44 bits per heavy atom. The Hall–Kier alpha value is -2.09. The Kier molecular flexibility index (Phi) is 5.27. The van der Waals surface area contributed by atoms with E-state index in [0.717, 1.165) is 18.6 Å². The molecule has 25 heavy (non-hydrogen) atoms. The van der Waals surface area contributed by atoms with E-state index in [0.29, 0.717) is 39.0 Å². The normalized spacial score (nSPS) is 21.4. The highest BCUT2D eigenvalue weighted by Crippen LogP contribution is 2.24. The van der Waals surface area contributed by atoms with Gasteiger partial charge in [0.1, 0.15) is 6.10 Å². The van der Waals surface area contributed by atoms with E-state index >= 15 is 0 Å². The van der Waals surface area contributed by atoms with Crippen LogP contribution in [0.3, 0.4) is 0 Å². The number of benzene rings is 1. The van der Waals surface area contributed by atoms with E-state index < -0.39 is 29.3 Å². The van der Waals surface area contributed by atoms with Crippen molar-refractivity contribution in [3.05, 3.63) is 29.6 Å². The van der Waals surface area contributed by atoms with E-state index in [9.17, 15) is 22.8 Å². The molecule has 2 saturated heterocycles. The molecule has 0 saturated carbocycles. The second-order valence-electron chi connectivity index (χ2n) is 6.31. The van der Waals surface area contributed by atoms with Crippen LogP contribution >= 0.6 is 0 Å². The van der Waals surface area contributed by atoms with Crippen LogP contribution in [0.2, 0.25) is 0 Å². The summed E-state index contributed by atoms with van der Waals surface area (Å²) in [6.07, 6.45) is 2.05. The van der Waals surface area contributed by atoms with Crippen molar-refractivity contribution in [3.63, 3.8) is 0 Å². The Labute approximate surface area is 143 Å². The molecule has 1 N–H and O–H groups in total. The van der Waals surface area contributed by atoms with E-state index in [1.165, 1.54) is 0 Å². The summed E-state index contributed by atoms with van der Waals surface area (Å²) in [7, 11) is 0. The molecule has 2 aliphatic rings. The fourth-order valence-electron chi connectivity index (χ4n) is 3.20. The van der Waals surface area contributed by atoms with Gasteiger partial charge in [-0.15, -0.1) is 0 Å². The van der Waals surface area contributed by atoms with Crippen molar-refractivity contribution < 1.29 is 27.5 Å². The van der Waals surface area contributed by atoms with E-state index in [4.69, 9.17) is 4.74 Å². The summed E-state index contributed by atoms with van der Waals surface area (Å²) in [6, 6.07) is 1.75. The maximum atomic E-state index is 13.6. The molecule has 0 aliphatic carbocycles. The molecular weight excluding hydrogens is 337 g/mol. The second-order valence-corrected chi connectivity index (χ2v) is 6.31. The quantitative estimate of drug-likeness (QED) is 0.847. The van der Waals surface area contributed by atoms with Gasteiger partial charge in [-0.3, -0.25) is 9.59 Å². The monoisotopic (exact) mass is 356 g/mol. The summed E-state index contributed by atoms with van der Waals surface area (Å²) in [5.41, 5.74) is -0.387. The third kappa shape index (κ3) is 3.78. The lowest BCUT2D eigenvalue weighted by Gasteiger charge is -2.32. The van der Waals surface area contributed by atoms with Gasteiger partial charge in [0.05, 0.1) is 5.69 Å². The molecule has 2 aliphatic heterocycles. The first-order valence-electron chi connectivity index (χ1n) is 8.32. The van der Waals surface area contributed by atoms with Crippen molar-refractivity contribution in [2.75, 3.05) is 25.0 Å². The molecule has 2 amide bonds. The molecule has 5 nitrogen and oxygen atoms in total. The number of carbonyl (C=O) groups excluding carboxylic acids is 2. The van der Waals surface area contributed by atoms with Crippen molar-refractivity contribution in [2.24, 2.45) is 5.92 Å². The van der Waals surface area contributed by atoms with Gasteiger partial charge in [0.2, 0.25) is 5.91 Å². The first-order valence-corrected chi connectivity index (χ1v) is 8.32. The zero-order valence-corrected chi connectivity index (χ0v) is 13.6. The summed E-state index contributed by atoms with van der Waals surface area (Å²) in [4.78, 5) is 26.2. The van der Waals surface area contributed by atoms with Crippen molar-refractivity contribution in [2.45, 2.75) is 31.8 Å². The van der Waals surface area contributed by atoms with Crippen LogP contribution < -0.4 is 5.32 Å². The minimum atomic E-state index is -1.62. The zero-order valence-electron chi connectivity index (χ0n) is 13.6. The summed E-state index contributed by atoms with van der Waals surface area (Å²) >= 11 is 0. The third-order valence-corrected chi connectivity index (χ3v) is 4.68. The van der Waals surface area contributed by atoms with Gasteiger partial charge in [0.15, 0.2) is 17.5 Å². The highest BCUT2D eigenvalue weighted by Gasteiger charge is 2.33. The standard InChI is InChI=1S/C17H19F3N2O3/c18-11-3-4-12(15(20)14(11)19)21-16(23)10-5-7-22(8-6-10)17(24)13-2-1-9-25-13/h3-4,10,13H,1-2,5-9H2,(H,21,23). The number of halogens is 3. The van der Waals surface area contributed by atoms with Gasteiger partial charge in [-0.25, -0.2) is 13.2 Å². The maximum absolute atomic E-state index is 13.6. The van der Waals surface area contributed by atoms with E-state index in [-0.39, 0.29) is 17.7 Å². The minimum absolute atomic E-state index is 0.0528. The summed E-state index contributed by atoms with van der Waals surface area (Å²) in [6.45, 7) is 1.42. The number of likely N-dealkylation sites (tertiary alicyclic amines) is 1. The predicted octanol–water partition coefficient (Wildman–Crippen LogP) is 2.46. The van der Waals surface area contributed by atoms with Gasteiger partial charge in [-0.1, -0.05) is 0 Å². The van der Waals surface area contributed by atoms with Crippen LogP contribution in [0.5, 0.6) is 0 Å². The molecule has 0 aromatic heterocycles. The fourth-order valence-corrected chi connectivity index (χ4v) is 3.20. The van der Waals surface area contributed by atoms with Crippen molar-refractivity contribution in [1.82, 2.24) is 4.90 Å². The molecular formula is C17H19F3N2O3.